The molecule has 1 aromatic heterocycles. The van der Waals surface area contributed by atoms with E-state index < -0.39 is 0 Å². The van der Waals surface area contributed by atoms with Gasteiger partial charge in [0, 0.05) is 21.5 Å². The average Bonchev–Trinajstić information content (AvgIpc) is 2.72. The highest BCUT2D eigenvalue weighted by atomic mass is 79.9. The Morgan fingerprint density at radius 1 is 1.06 bits per heavy atom. The summed E-state index contributed by atoms with van der Waals surface area (Å²) in [5.74, 6) is -0.0398. The van der Waals surface area contributed by atoms with Crippen molar-refractivity contribution in [1.29, 1.82) is 0 Å². The van der Waals surface area contributed by atoms with Crippen molar-refractivity contribution in [3.05, 3.63) is 64.1 Å². The summed E-state index contributed by atoms with van der Waals surface area (Å²) in [6.07, 6.45) is 4.50. The van der Waals surface area contributed by atoms with Gasteiger partial charge in [-0.15, -0.1) is 0 Å². The molecule has 0 saturated carbocycles. The molecule has 1 atom stereocenters. The molecular formula is C27H33BrN2O. The summed E-state index contributed by atoms with van der Waals surface area (Å²) in [5.41, 5.74) is 4.70. The van der Waals surface area contributed by atoms with Crippen LogP contribution >= 0.6 is 15.9 Å². The highest BCUT2D eigenvalue weighted by molar-refractivity contribution is 9.10. The number of hydrogen-bond acceptors (Lipinski definition) is 2. The summed E-state index contributed by atoms with van der Waals surface area (Å²) >= 11 is 3.54. The number of aromatic nitrogens is 1. The fourth-order valence-electron chi connectivity index (χ4n) is 3.75. The first-order chi connectivity index (χ1) is 14.7. The lowest BCUT2D eigenvalue weighted by Crippen LogP contribution is -2.32. The van der Waals surface area contributed by atoms with Gasteiger partial charge in [-0.2, -0.15) is 0 Å². The number of nitrogens with one attached hydrogen (secondary N) is 1. The molecule has 164 valence electrons. The Hall–Kier alpha value is -2.20. The highest BCUT2D eigenvalue weighted by Gasteiger charge is 2.17. The van der Waals surface area contributed by atoms with Gasteiger partial charge < -0.3 is 5.32 Å². The smallest absolute Gasteiger partial charge is 0.252 e. The number of carbonyl (C=O) groups is 1. The molecule has 0 saturated heterocycles. The quantitative estimate of drug-likeness (QED) is 0.352. The summed E-state index contributed by atoms with van der Waals surface area (Å²) in [6, 6.07) is 16.5. The van der Waals surface area contributed by atoms with E-state index in [9.17, 15) is 4.79 Å². The van der Waals surface area contributed by atoms with Crippen LogP contribution in [0.1, 0.15) is 76.2 Å². The highest BCUT2D eigenvalue weighted by Crippen LogP contribution is 2.29. The summed E-state index contributed by atoms with van der Waals surface area (Å²) in [6.45, 7) is 10.9. The van der Waals surface area contributed by atoms with Gasteiger partial charge in [0.15, 0.2) is 0 Å². The normalized spacial score (nSPS) is 12.7. The van der Waals surface area contributed by atoms with Gasteiger partial charge in [-0.3, -0.25) is 4.79 Å². The molecule has 4 heteroatoms. The van der Waals surface area contributed by atoms with Crippen LogP contribution in [0.5, 0.6) is 0 Å². The standard InChI is InChI=1S/C27H33BrN2O/c1-6-7-8-9-18(2)29-26(31)23-17-25(30-24-15-14-21(28)16-22(23)24)19-10-12-20(13-11-19)27(3,4)5/h10-18H,6-9H2,1-5H3,(H,29,31). The molecule has 0 aliphatic rings. The van der Waals surface area contributed by atoms with Gasteiger partial charge in [-0.05, 0) is 48.6 Å². The summed E-state index contributed by atoms with van der Waals surface area (Å²) in [4.78, 5) is 18.1. The monoisotopic (exact) mass is 480 g/mol. The number of rotatable bonds is 7. The molecule has 0 aliphatic heterocycles. The van der Waals surface area contributed by atoms with Gasteiger partial charge in [0.05, 0.1) is 16.8 Å². The number of halogens is 1. The number of unbranched alkanes of at least 4 members (excludes halogenated alkanes) is 2. The largest absolute Gasteiger partial charge is 0.350 e. The topological polar surface area (TPSA) is 42.0 Å². The van der Waals surface area contributed by atoms with Crippen LogP contribution in [0, 0.1) is 0 Å². The van der Waals surface area contributed by atoms with E-state index in [0.717, 1.165) is 39.5 Å². The van der Waals surface area contributed by atoms with Crippen molar-refractivity contribution in [1.82, 2.24) is 10.3 Å². The predicted molar refractivity (Wildman–Crippen MR) is 135 cm³/mol. The van der Waals surface area contributed by atoms with Crippen LogP contribution < -0.4 is 5.32 Å². The molecule has 0 bridgehead atoms. The summed E-state index contributed by atoms with van der Waals surface area (Å²) in [5, 5.41) is 4.06. The second-order valence-corrected chi connectivity index (χ2v) is 10.3. The summed E-state index contributed by atoms with van der Waals surface area (Å²) in [7, 11) is 0. The molecule has 1 amide bonds. The maximum Gasteiger partial charge on any atom is 0.252 e. The molecule has 1 heterocycles. The molecule has 0 radical (unpaired) electrons. The number of pyridine rings is 1. The van der Waals surface area contributed by atoms with Crippen LogP contribution in [0.15, 0.2) is 53.0 Å². The Bertz CT molecular complexity index is 1050. The maximum atomic E-state index is 13.2. The Kier molecular flexibility index (Phi) is 7.53. The molecule has 0 aliphatic carbocycles. The zero-order chi connectivity index (χ0) is 22.6. The first-order valence-electron chi connectivity index (χ1n) is 11.2. The molecule has 3 aromatic rings. The van der Waals surface area contributed by atoms with E-state index >= 15 is 0 Å². The van der Waals surface area contributed by atoms with Crippen molar-refractivity contribution >= 4 is 32.7 Å². The molecular weight excluding hydrogens is 448 g/mol. The Morgan fingerprint density at radius 2 is 1.77 bits per heavy atom. The molecule has 1 unspecified atom stereocenters. The van der Waals surface area contributed by atoms with Crippen LogP contribution in [0.3, 0.4) is 0 Å². The van der Waals surface area contributed by atoms with Crippen LogP contribution in [0.25, 0.3) is 22.2 Å². The van der Waals surface area contributed by atoms with E-state index in [0.29, 0.717) is 5.56 Å². The Morgan fingerprint density at radius 3 is 2.42 bits per heavy atom. The van der Waals surface area contributed by atoms with E-state index in [-0.39, 0.29) is 17.4 Å². The van der Waals surface area contributed by atoms with Crippen molar-refractivity contribution in [3.8, 4) is 11.3 Å². The van der Waals surface area contributed by atoms with Crippen molar-refractivity contribution < 1.29 is 4.79 Å². The third-order valence-corrected chi connectivity index (χ3v) is 6.17. The summed E-state index contributed by atoms with van der Waals surface area (Å²) < 4.78 is 0.939. The Labute approximate surface area is 194 Å². The minimum atomic E-state index is -0.0398. The fraction of sp³-hybridized carbons (Fsp3) is 0.407. The van der Waals surface area contributed by atoms with Crippen molar-refractivity contribution in [2.75, 3.05) is 0 Å². The SMILES string of the molecule is CCCCCC(C)NC(=O)c1cc(-c2ccc(C(C)(C)C)cc2)nc2ccc(Br)cc12. The molecule has 3 rings (SSSR count). The zero-order valence-corrected chi connectivity index (χ0v) is 20.8. The van der Waals surface area contributed by atoms with E-state index in [1.165, 1.54) is 18.4 Å². The minimum absolute atomic E-state index is 0.0398. The fourth-order valence-corrected chi connectivity index (χ4v) is 4.11. The predicted octanol–water partition coefficient (Wildman–Crippen LogP) is 7.66. The molecule has 0 fully saturated rings. The second kappa shape index (κ2) is 9.95. The number of benzene rings is 2. The number of amides is 1. The van der Waals surface area contributed by atoms with Gasteiger partial charge in [0.1, 0.15) is 0 Å². The van der Waals surface area contributed by atoms with Gasteiger partial charge in [0.2, 0.25) is 0 Å². The van der Waals surface area contributed by atoms with Crippen LogP contribution in [0.2, 0.25) is 0 Å². The third-order valence-electron chi connectivity index (χ3n) is 5.68. The lowest BCUT2D eigenvalue weighted by atomic mass is 9.86. The molecule has 3 nitrogen and oxygen atoms in total. The van der Waals surface area contributed by atoms with Gasteiger partial charge in [-0.25, -0.2) is 4.98 Å². The number of fused-ring (bicyclic) bond motifs is 1. The van der Waals surface area contributed by atoms with E-state index in [1.807, 2.05) is 24.3 Å². The zero-order valence-electron chi connectivity index (χ0n) is 19.3. The second-order valence-electron chi connectivity index (χ2n) is 9.41. The number of hydrogen-bond donors (Lipinski definition) is 1. The van der Waals surface area contributed by atoms with Crippen LogP contribution in [-0.2, 0) is 5.41 Å². The maximum absolute atomic E-state index is 13.2. The first-order valence-corrected chi connectivity index (χ1v) is 12.0. The first kappa shape index (κ1) is 23.5. The van der Waals surface area contributed by atoms with Gasteiger partial charge in [0.25, 0.3) is 5.91 Å². The number of carbonyl (C=O) groups excluding carboxylic acids is 1. The van der Waals surface area contributed by atoms with Gasteiger partial charge in [-0.1, -0.05) is 87.2 Å². The average molecular weight is 481 g/mol. The van der Waals surface area contributed by atoms with Crippen LogP contribution in [0.4, 0.5) is 0 Å². The van der Waals surface area contributed by atoms with E-state index in [4.69, 9.17) is 4.98 Å². The lowest BCUT2D eigenvalue weighted by molar-refractivity contribution is 0.0939. The van der Waals surface area contributed by atoms with E-state index in [1.54, 1.807) is 0 Å². The molecule has 2 aromatic carbocycles. The lowest BCUT2D eigenvalue weighted by Gasteiger charge is -2.19. The minimum Gasteiger partial charge on any atom is -0.350 e. The third kappa shape index (κ3) is 5.94. The Balaban J connectivity index is 1.98. The molecule has 0 spiro atoms. The van der Waals surface area contributed by atoms with Crippen molar-refractivity contribution in [2.24, 2.45) is 0 Å². The molecule has 31 heavy (non-hydrogen) atoms. The van der Waals surface area contributed by atoms with E-state index in [2.05, 4.69) is 80.1 Å². The van der Waals surface area contributed by atoms with Gasteiger partial charge >= 0.3 is 0 Å². The van der Waals surface area contributed by atoms with Crippen molar-refractivity contribution in [3.63, 3.8) is 0 Å². The molecule has 1 N–H and O–H groups in total. The number of nitrogens with zero attached hydrogens (tertiary/aromatic N) is 1. The van der Waals surface area contributed by atoms with Crippen LogP contribution in [-0.4, -0.2) is 16.9 Å². The van der Waals surface area contributed by atoms with Crippen molar-refractivity contribution in [2.45, 2.75) is 71.8 Å².